The average Bonchev–Trinajstić information content (AvgIpc) is 2.80. The van der Waals surface area contributed by atoms with E-state index in [1.54, 1.807) is 18.2 Å². The fraction of sp³-hybridized carbons (Fsp3) is 0.412. The van der Waals surface area contributed by atoms with Crippen LogP contribution in [-0.4, -0.2) is 20.4 Å². The molecule has 8 heteroatoms. The van der Waals surface area contributed by atoms with E-state index in [4.69, 9.17) is 28.9 Å². The molecule has 2 aromatic rings. The maximum Gasteiger partial charge on any atom is 0.306 e. The summed E-state index contributed by atoms with van der Waals surface area (Å²) in [5.74, 6) is 0.642. The molecule has 0 radical (unpaired) electrons. The van der Waals surface area contributed by atoms with Crippen LogP contribution in [0.2, 0.25) is 10.0 Å². The van der Waals surface area contributed by atoms with Gasteiger partial charge in [0.25, 0.3) is 5.56 Å². The highest BCUT2D eigenvalue weighted by Gasteiger charge is 2.28. The third-order valence-corrected chi connectivity index (χ3v) is 5.24. The molecule has 0 saturated heterocycles. The Labute approximate surface area is 161 Å². The van der Waals surface area contributed by atoms with E-state index in [1.165, 1.54) is 9.36 Å². The lowest BCUT2D eigenvalue weighted by Crippen LogP contribution is -2.29. The fourth-order valence-corrected chi connectivity index (χ4v) is 3.96. The molecule has 2 rings (SSSR count). The summed E-state index contributed by atoms with van der Waals surface area (Å²) in [6, 6.07) is 4.79. The Morgan fingerprint density at radius 2 is 1.84 bits per heavy atom. The summed E-state index contributed by atoms with van der Waals surface area (Å²) in [7, 11) is 0. The van der Waals surface area contributed by atoms with E-state index in [9.17, 15) is 9.59 Å². The van der Waals surface area contributed by atoms with Crippen molar-refractivity contribution in [2.75, 3.05) is 11.5 Å². The number of nitrogens with zero attached hydrogens (tertiary/aromatic N) is 2. The summed E-state index contributed by atoms with van der Waals surface area (Å²) >= 11 is 13.6. The van der Waals surface area contributed by atoms with E-state index in [0.717, 1.165) is 24.6 Å². The van der Waals surface area contributed by atoms with Gasteiger partial charge in [0.1, 0.15) is 5.82 Å². The van der Waals surface area contributed by atoms with E-state index in [2.05, 4.69) is 0 Å². The van der Waals surface area contributed by atoms with Crippen LogP contribution in [0.1, 0.15) is 39.7 Å². The summed E-state index contributed by atoms with van der Waals surface area (Å²) in [6.07, 6.45) is 1.61. The first-order chi connectivity index (χ1) is 11.8. The van der Waals surface area contributed by atoms with Gasteiger partial charge in [-0.1, -0.05) is 61.3 Å². The molecule has 25 heavy (non-hydrogen) atoms. The first kappa shape index (κ1) is 19.9. The molecule has 1 heterocycles. The molecular formula is C17H21Cl2N3O2S. The zero-order valence-corrected chi connectivity index (χ0v) is 16.7. The zero-order valence-electron chi connectivity index (χ0n) is 14.4. The highest BCUT2D eigenvalue weighted by atomic mass is 35.5. The van der Waals surface area contributed by atoms with Crippen molar-refractivity contribution in [2.24, 2.45) is 0 Å². The number of nitrogens with two attached hydrogens (primary N) is 1. The van der Waals surface area contributed by atoms with Crippen molar-refractivity contribution in [3.05, 3.63) is 38.6 Å². The maximum absolute atomic E-state index is 13.1. The van der Waals surface area contributed by atoms with Gasteiger partial charge >= 0.3 is 5.24 Å². The van der Waals surface area contributed by atoms with Crippen molar-refractivity contribution < 1.29 is 4.79 Å². The van der Waals surface area contributed by atoms with Gasteiger partial charge in [-0.2, -0.15) is 4.68 Å². The smallest absolute Gasteiger partial charge is 0.306 e. The first-order valence-corrected chi connectivity index (χ1v) is 9.83. The highest BCUT2D eigenvalue weighted by molar-refractivity contribution is 8.13. The van der Waals surface area contributed by atoms with Gasteiger partial charge in [-0.3, -0.25) is 9.59 Å². The first-order valence-electron chi connectivity index (χ1n) is 8.09. The molecule has 0 fully saturated rings. The van der Waals surface area contributed by atoms with Gasteiger partial charge in [0.15, 0.2) is 0 Å². The van der Waals surface area contributed by atoms with Gasteiger partial charge in [0, 0.05) is 5.56 Å². The van der Waals surface area contributed by atoms with Crippen LogP contribution in [0, 0.1) is 0 Å². The number of thioether (sulfide) groups is 1. The summed E-state index contributed by atoms with van der Waals surface area (Å²) in [5.41, 5.74) is 6.40. The van der Waals surface area contributed by atoms with Gasteiger partial charge in [-0.15, -0.1) is 0 Å². The van der Waals surface area contributed by atoms with Crippen LogP contribution in [0.5, 0.6) is 0 Å². The lowest BCUT2D eigenvalue weighted by atomic mass is 10.1. The molecule has 0 saturated carbocycles. The highest BCUT2D eigenvalue weighted by Crippen LogP contribution is 2.37. The average molecular weight is 402 g/mol. The zero-order chi connectivity index (χ0) is 18.7. The number of hydrogen-bond acceptors (Lipinski definition) is 4. The molecule has 1 aromatic carbocycles. The molecule has 0 aliphatic rings. The molecule has 1 aromatic heterocycles. The Hall–Kier alpha value is -1.37. The van der Waals surface area contributed by atoms with Crippen molar-refractivity contribution in [3.63, 3.8) is 0 Å². The number of rotatable bonds is 5. The summed E-state index contributed by atoms with van der Waals surface area (Å²) < 4.78 is 2.67. The number of benzene rings is 1. The molecule has 136 valence electrons. The minimum Gasteiger partial charge on any atom is -0.383 e. The number of halogens is 2. The van der Waals surface area contributed by atoms with Crippen molar-refractivity contribution >= 4 is 46.0 Å². The Kier molecular flexibility index (Phi) is 6.65. The van der Waals surface area contributed by atoms with Crippen LogP contribution in [-0.2, 0) is 0 Å². The van der Waals surface area contributed by atoms with E-state index >= 15 is 0 Å². The van der Waals surface area contributed by atoms with Crippen LogP contribution < -0.4 is 11.3 Å². The van der Waals surface area contributed by atoms with Crippen molar-refractivity contribution in [2.45, 2.75) is 39.7 Å². The second-order valence-corrected chi connectivity index (χ2v) is 7.68. The van der Waals surface area contributed by atoms with Gasteiger partial charge in [-0.25, -0.2) is 4.68 Å². The lowest BCUT2D eigenvalue weighted by Gasteiger charge is -2.16. The molecule has 1 unspecified atom stereocenters. The monoisotopic (exact) mass is 401 g/mol. The summed E-state index contributed by atoms with van der Waals surface area (Å²) in [6.45, 7) is 5.78. The second-order valence-electron chi connectivity index (χ2n) is 5.66. The summed E-state index contributed by atoms with van der Waals surface area (Å²) in [4.78, 5) is 25.7. The fourth-order valence-electron chi connectivity index (χ4n) is 2.82. The standard InChI is InChI=1S/C17H21Cl2N3O2S/c1-4-7-10(3)21-16(23)14(13-11(18)8-6-9-12(13)19)15(20)22(21)17(24)25-5-2/h6,8-10H,4-5,7,20H2,1-3H3. The molecule has 0 bridgehead atoms. The van der Waals surface area contributed by atoms with Gasteiger partial charge < -0.3 is 5.73 Å². The topological polar surface area (TPSA) is 70.0 Å². The molecule has 1 atom stereocenters. The SMILES string of the molecule is CCCC(C)n1c(=O)c(-c2c(Cl)cccc2Cl)c(N)n1C(=O)SCC. The molecular weight excluding hydrogens is 381 g/mol. The largest absolute Gasteiger partial charge is 0.383 e. The Balaban J connectivity index is 2.81. The number of hydrogen-bond donors (Lipinski definition) is 1. The molecule has 0 aliphatic carbocycles. The van der Waals surface area contributed by atoms with Crippen LogP contribution in [0.25, 0.3) is 11.1 Å². The predicted molar refractivity (Wildman–Crippen MR) is 107 cm³/mol. The third kappa shape index (κ3) is 3.76. The number of carbonyl (C=O) groups excluding carboxylic acids is 1. The van der Waals surface area contributed by atoms with Gasteiger partial charge in [0.2, 0.25) is 0 Å². The van der Waals surface area contributed by atoms with E-state index in [-0.39, 0.29) is 28.2 Å². The molecule has 0 aliphatic heterocycles. The molecule has 0 amide bonds. The van der Waals surface area contributed by atoms with Gasteiger partial charge in [-0.05, 0) is 31.2 Å². The number of nitrogen functional groups attached to an aromatic ring is 1. The summed E-state index contributed by atoms with van der Waals surface area (Å²) in [5, 5.41) is 0.341. The Morgan fingerprint density at radius 1 is 1.24 bits per heavy atom. The van der Waals surface area contributed by atoms with Crippen LogP contribution in [0.15, 0.2) is 23.0 Å². The Morgan fingerprint density at radius 3 is 2.36 bits per heavy atom. The van der Waals surface area contributed by atoms with E-state index < -0.39 is 0 Å². The third-order valence-electron chi connectivity index (χ3n) is 3.90. The van der Waals surface area contributed by atoms with Crippen molar-refractivity contribution in [1.82, 2.24) is 9.36 Å². The number of anilines is 1. The number of carbonyl (C=O) groups is 1. The lowest BCUT2D eigenvalue weighted by molar-refractivity contribution is 0.252. The van der Waals surface area contributed by atoms with Crippen LogP contribution in [0.3, 0.4) is 0 Å². The van der Waals surface area contributed by atoms with Crippen LogP contribution >= 0.6 is 35.0 Å². The maximum atomic E-state index is 13.1. The van der Waals surface area contributed by atoms with Gasteiger partial charge in [0.05, 0.1) is 21.7 Å². The second kappa shape index (κ2) is 8.34. The predicted octanol–water partition coefficient (Wildman–Crippen LogP) is 5.29. The van der Waals surface area contributed by atoms with Crippen molar-refractivity contribution in [1.29, 1.82) is 0 Å². The minimum atomic E-state index is -0.362. The minimum absolute atomic E-state index is 0.0638. The molecule has 0 spiro atoms. The van der Waals surface area contributed by atoms with Crippen LogP contribution in [0.4, 0.5) is 10.6 Å². The van der Waals surface area contributed by atoms with Crippen molar-refractivity contribution in [3.8, 4) is 11.1 Å². The number of aromatic nitrogens is 2. The quantitative estimate of drug-likeness (QED) is 0.738. The normalized spacial score (nSPS) is 12.4. The van der Waals surface area contributed by atoms with E-state index in [0.29, 0.717) is 21.4 Å². The van der Waals surface area contributed by atoms with E-state index in [1.807, 2.05) is 20.8 Å². The molecule has 2 N–H and O–H groups in total. The molecule has 5 nitrogen and oxygen atoms in total. The Bertz CT molecular complexity index is 825.